The zero-order chi connectivity index (χ0) is 18.4. The highest BCUT2D eigenvalue weighted by molar-refractivity contribution is 6.16. The number of Topliss-reactive ketones (excluding diaryl/α,β-unsaturated/α-hetero) is 2. The third-order valence-electron chi connectivity index (χ3n) is 4.89. The van der Waals surface area contributed by atoms with E-state index in [9.17, 15) is 9.59 Å². The van der Waals surface area contributed by atoms with Crippen LogP contribution in [0, 0.1) is 0 Å². The number of hydrogen-bond acceptors (Lipinski definition) is 6. The predicted octanol–water partition coefficient (Wildman–Crippen LogP) is 2.28. The van der Waals surface area contributed by atoms with Crippen molar-refractivity contribution in [3.05, 3.63) is 70.1 Å². The molecule has 8 heteroatoms. The fourth-order valence-electron chi connectivity index (χ4n) is 3.41. The van der Waals surface area contributed by atoms with Gasteiger partial charge in [0.05, 0.1) is 11.1 Å². The number of hydrogen-bond donors (Lipinski definition) is 1. The van der Waals surface area contributed by atoms with Crippen LogP contribution in [0.3, 0.4) is 0 Å². The van der Waals surface area contributed by atoms with Crippen LogP contribution in [0.5, 0.6) is 11.5 Å². The van der Waals surface area contributed by atoms with Crippen molar-refractivity contribution in [1.82, 2.24) is 0 Å². The molecule has 2 aromatic rings. The maximum absolute atomic E-state index is 13.3. The number of rotatable bonds is 2. The second-order valence-electron chi connectivity index (χ2n) is 6.25. The summed E-state index contributed by atoms with van der Waals surface area (Å²) in [6.45, 7) is -0.653. The van der Waals surface area contributed by atoms with Crippen molar-refractivity contribution < 1.29 is 19.1 Å². The minimum atomic E-state index is -1.94. The summed E-state index contributed by atoms with van der Waals surface area (Å²) in [5.74, 6) is -0.354. The average molecular weight is 350 g/mol. The van der Waals surface area contributed by atoms with Crippen LogP contribution in [-0.2, 0) is 0 Å². The second kappa shape index (κ2) is 5.59. The Labute approximate surface area is 148 Å². The zero-order valence-corrected chi connectivity index (χ0v) is 13.6. The Hall–Kier alpha value is -3.35. The van der Waals surface area contributed by atoms with Gasteiger partial charge in [-0.1, -0.05) is 29.4 Å². The quantitative estimate of drug-likeness (QED) is 0.505. The van der Waals surface area contributed by atoms with E-state index >= 15 is 0 Å². The first-order valence-corrected chi connectivity index (χ1v) is 7.92. The number of nitrogens with zero attached hydrogens (tertiary/aromatic N) is 3. The minimum absolute atomic E-state index is 0.211. The molecule has 8 nitrogen and oxygen atoms in total. The smallest absolute Gasteiger partial charge is 0.191 e. The van der Waals surface area contributed by atoms with Crippen LogP contribution < -0.4 is 15.2 Å². The van der Waals surface area contributed by atoms with Gasteiger partial charge < -0.3 is 15.2 Å². The second-order valence-corrected chi connectivity index (χ2v) is 6.25. The lowest BCUT2D eigenvalue weighted by atomic mass is 9.68. The molecule has 4 rings (SSSR count). The summed E-state index contributed by atoms with van der Waals surface area (Å²) in [5.41, 5.74) is 12.2. The summed E-state index contributed by atoms with van der Waals surface area (Å²) in [7, 11) is 0. The monoisotopic (exact) mass is 350 g/mol. The number of nitrogens with two attached hydrogens (primary N) is 1. The van der Waals surface area contributed by atoms with Gasteiger partial charge in [0.15, 0.2) is 17.1 Å². The standard InChI is InChI=1S/C18H14N4O4/c19-17(9-25-13-7-3-1-5-11(13)15(17)23)18(21-22-20)10-26-14-8-4-2-6-12(14)16(18)24/h1-8H,9-10,19H2. The Kier molecular flexibility index (Phi) is 3.47. The van der Waals surface area contributed by atoms with Crippen molar-refractivity contribution in [2.75, 3.05) is 13.2 Å². The van der Waals surface area contributed by atoms with E-state index in [1.54, 1.807) is 48.5 Å². The number of carbonyl (C=O) groups is 2. The van der Waals surface area contributed by atoms with Crippen molar-refractivity contribution in [1.29, 1.82) is 0 Å². The number of fused-ring (bicyclic) bond motifs is 2. The van der Waals surface area contributed by atoms with Gasteiger partial charge in [0, 0.05) is 4.91 Å². The van der Waals surface area contributed by atoms with Crippen molar-refractivity contribution in [3.8, 4) is 11.5 Å². The van der Waals surface area contributed by atoms with E-state index in [0.717, 1.165) is 0 Å². The minimum Gasteiger partial charge on any atom is -0.492 e. The zero-order valence-electron chi connectivity index (χ0n) is 13.6. The fraction of sp³-hybridized carbons (Fsp3) is 0.222. The molecule has 0 amide bonds. The van der Waals surface area contributed by atoms with Crippen LogP contribution in [0.1, 0.15) is 20.7 Å². The van der Waals surface area contributed by atoms with Crippen molar-refractivity contribution in [2.45, 2.75) is 11.1 Å². The molecule has 130 valence electrons. The lowest BCUT2D eigenvalue weighted by Crippen LogP contribution is -2.74. The predicted molar refractivity (Wildman–Crippen MR) is 91.3 cm³/mol. The van der Waals surface area contributed by atoms with Crippen molar-refractivity contribution in [2.24, 2.45) is 10.8 Å². The van der Waals surface area contributed by atoms with Crippen LogP contribution in [0.15, 0.2) is 53.6 Å². The Balaban J connectivity index is 1.90. The maximum Gasteiger partial charge on any atom is 0.191 e. The number of ether oxygens (including phenoxy) is 2. The molecule has 2 aliphatic rings. The van der Waals surface area contributed by atoms with E-state index in [-0.39, 0.29) is 24.3 Å². The largest absolute Gasteiger partial charge is 0.492 e. The van der Waals surface area contributed by atoms with Gasteiger partial charge in [0.2, 0.25) is 0 Å². The molecule has 0 aliphatic carbocycles. The first-order valence-electron chi connectivity index (χ1n) is 7.92. The molecular formula is C18H14N4O4. The number of azide groups is 1. The van der Waals surface area contributed by atoms with E-state index in [1.165, 1.54) is 0 Å². The molecule has 0 radical (unpaired) electrons. The molecule has 0 spiro atoms. The molecular weight excluding hydrogens is 336 g/mol. The van der Waals surface area contributed by atoms with E-state index in [2.05, 4.69) is 10.0 Å². The van der Waals surface area contributed by atoms with Crippen molar-refractivity contribution in [3.63, 3.8) is 0 Å². The summed E-state index contributed by atoms with van der Waals surface area (Å²) in [4.78, 5) is 29.2. The number of para-hydroxylation sites is 2. The number of benzene rings is 2. The molecule has 2 atom stereocenters. The Bertz CT molecular complexity index is 985. The van der Waals surface area contributed by atoms with E-state index in [0.29, 0.717) is 11.5 Å². The van der Waals surface area contributed by atoms with Crippen LogP contribution in [-0.4, -0.2) is 35.9 Å². The normalized spacial score (nSPS) is 26.7. The van der Waals surface area contributed by atoms with Crippen molar-refractivity contribution >= 4 is 11.6 Å². The molecule has 0 bridgehead atoms. The molecule has 2 heterocycles. The van der Waals surface area contributed by atoms with Crippen LogP contribution in [0.2, 0.25) is 0 Å². The van der Waals surface area contributed by atoms with Gasteiger partial charge >= 0.3 is 0 Å². The maximum atomic E-state index is 13.3. The third-order valence-corrected chi connectivity index (χ3v) is 4.89. The molecule has 2 N–H and O–H groups in total. The Morgan fingerprint density at radius 2 is 1.46 bits per heavy atom. The van der Waals surface area contributed by atoms with Gasteiger partial charge in [-0.05, 0) is 29.8 Å². The number of ketones is 2. The van der Waals surface area contributed by atoms with Gasteiger partial charge in [-0.3, -0.25) is 9.59 Å². The molecule has 0 fully saturated rings. The first kappa shape index (κ1) is 16.1. The van der Waals surface area contributed by atoms with Gasteiger partial charge in [0.1, 0.15) is 30.3 Å². The molecule has 2 unspecified atom stereocenters. The molecule has 2 aliphatic heterocycles. The van der Waals surface area contributed by atoms with Crippen LogP contribution in [0.25, 0.3) is 10.4 Å². The summed E-state index contributed by atoms with van der Waals surface area (Å²) in [5, 5.41) is 3.69. The molecule has 2 aromatic carbocycles. The Morgan fingerprint density at radius 3 is 2.08 bits per heavy atom. The molecule has 0 saturated carbocycles. The van der Waals surface area contributed by atoms with Gasteiger partial charge in [-0.15, -0.1) is 0 Å². The van der Waals surface area contributed by atoms with E-state index < -0.39 is 22.6 Å². The molecule has 0 aromatic heterocycles. The third kappa shape index (κ3) is 1.97. The summed E-state index contributed by atoms with van der Waals surface area (Å²) in [6, 6.07) is 13.1. The Morgan fingerprint density at radius 1 is 0.923 bits per heavy atom. The van der Waals surface area contributed by atoms with E-state index in [4.69, 9.17) is 20.7 Å². The summed E-state index contributed by atoms with van der Waals surface area (Å²) < 4.78 is 11.3. The van der Waals surface area contributed by atoms with Crippen LogP contribution in [0.4, 0.5) is 0 Å². The topological polar surface area (TPSA) is 127 Å². The highest BCUT2D eigenvalue weighted by atomic mass is 16.5. The fourth-order valence-corrected chi connectivity index (χ4v) is 3.41. The molecule has 0 saturated heterocycles. The van der Waals surface area contributed by atoms with E-state index in [1.807, 2.05) is 0 Å². The molecule has 26 heavy (non-hydrogen) atoms. The van der Waals surface area contributed by atoms with Crippen LogP contribution >= 0.6 is 0 Å². The highest BCUT2D eigenvalue weighted by Crippen LogP contribution is 2.42. The summed E-state index contributed by atoms with van der Waals surface area (Å²) in [6.07, 6.45) is 0. The number of carbonyl (C=O) groups excluding carboxylic acids is 2. The van der Waals surface area contributed by atoms with Gasteiger partial charge in [0.25, 0.3) is 0 Å². The lowest BCUT2D eigenvalue weighted by molar-refractivity contribution is 0.0393. The SMILES string of the molecule is [N-]=[N+]=NC1(C2(N)COc3ccccc3C2=O)COc2ccccc2C1=O. The van der Waals surface area contributed by atoms with Gasteiger partial charge in [-0.2, -0.15) is 0 Å². The lowest BCUT2D eigenvalue weighted by Gasteiger charge is -2.46. The summed E-state index contributed by atoms with van der Waals surface area (Å²) >= 11 is 0. The van der Waals surface area contributed by atoms with Gasteiger partial charge in [-0.25, -0.2) is 0 Å². The highest BCUT2D eigenvalue weighted by Gasteiger charge is 2.63. The average Bonchev–Trinajstić information content (AvgIpc) is 2.67. The first-order chi connectivity index (χ1) is 12.5.